The van der Waals surface area contributed by atoms with Crippen LogP contribution in [-0.2, 0) is 9.59 Å². The molecule has 1 amide bonds. The van der Waals surface area contributed by atoms with E-state index in [1.54, 1.807) is 12.4 Å². The lowest BCUT2D eigenvalue weighted by molar-refractivity contribution is -0.121. The summed E-state index contributed by atoms with van der Waals surface area (Å²) in [6.45, 7) is 2.26. The van der Waals surface area contributed by atoms with Crippen LogP contribution in [0.1, 0.15) is 77.6 Å². The van der Waals surface area contributed by atoms with Crippen molar-refractivity contribution in [1.29, 1.82) is 0 Å². The normalized spacial score (nSPS) is 20.9. The molecule has 7 nitrogen and oxygen atoms in total. The van der Waals surface area contributed by atoms with Crippen molar-refractivity contribution in [3.05, 3.63) is 42.7 Å². The Bertz CT molecular complexity index is 1010. The van der Waals surface area contributed by atoms with Gasteiger partial charge >= 0.3 is 0 Å². The van der Waals surface area contributed by atoms with Crippen molar-refractivity contribution in [2.45, 2.75) is 83.7 Å². The number of hydrogen-bond acceptors (Lipinski definition) is 6. The number of carbonyl (C=O) groups excluding carboxylic acids is 2. The molecule has 0 aliphatic heterocycles. The van der Waals surface area contributed by atoms with E-state index in [0.717, 1.165) is 74.5 Å². The molecule has 4 atom stereocenters. The number of nitrogens with one attached hydrogen (secondary N) is 1. The Morgan fingerprint density at radius 2 is 1.89 bits per heavy atom. The third-order valence-electron chi connectivity index (χ3n) is 7.17. The second-order valence-corrected chi connectivity index (χ2v) is 10.0. The Hall–Kier alpha value is -2.64. The van der Waals surface area contributed by atoms with Crippen LogP contribution in [0.3, 0.4) is 0 Å². The summed E-state index contributed by atoms with van der Waals surface area (Å²) in [5, 5.41) is 23.0. The number of aliphatic hydroxyl groups is 2. The Kier molecular flexibility index (Phi) is 11.5. The Balaban J connectivity index is 1.36. The molecule has 1 aliphatic carbocycles. The number of aliphatic hydroxyl groups excluding tert-OH is 2. The molecule has 3 N–H and O–H groups in total. The van der Waals surface area contributed by atoms with Crippen LogP contribution >= 0.6 is 0 Å². The zero-order valence-corrected chi connectivity index (χ0v) is 21.4. The molecule has 1 aromatic heterocycles. The number of aromatic nitrogens is 2. The number of benzene rings is 1. The van der Waals surface area contributed by atoms with E-state index < -0.39 is 6.10 Å². The summed E-state index contributed by atoms with van der Waals surface area (Å²) in [5.41, 5.74) is 2.26. The van der Waals surface area contributed by atoms with Gasteiger partial charge in [0, 0.05) is 49.4 Å². The number of rotatable bonds is 15. The first-order valence-corrected chi connectivity index (χ1v) is 13.5. The summed E-state index contributed by atoms with van der Waals surface area (Å²) in [6.07, 6.45) is 15.9. The smallest absolute Gasteiger partial charge is 0.224 e. The van der Waals surface area contributed by atoms with Crippen LogP contribution in [0.25, 0.3) is 11.0 Å². The van der Waals surface area contributed by atoms with Crippen molar-refractivity contribution < 1.29 is 19.8 Å². The standard InChI is InChI=1S/C29H41N3O4/c1-2-3-6-9-21(20-33)12-14-24-23(27(34)19-28(24)35)10-7-4-5-8-11-29(36)32-22-13-15-25-26(18-22)31-17-16-30-25/h12-18,21,23-24,28,33,35H,2-11,19-20H2,1H3,(H,32,36)/b14-12+/t21-,23+,24+,28+/m0/s1. The number of hydrogen-bond donors (Lipinski definition) is 3. The number of unbranched alkanes of at least 4 members (excludes halogenated alkanes) is 5. The number of anilines is 1. The number of carbonyl (C=O) groups is 2. The van der Waals surface area contributed by atoms with Crippen LogP contribution in [0.2, 0.25) is 0 Å². The van der Waals surface area contributed by atoms with Crippen molar-refractivity contribution in [2.24, 2.45) is 17.8 Å². The molecule has 196 valence electrons. The maximum Gasteiger partial charge on any atom is 0.224 e. The predicted octanol–water partition coefficient (Wildman–Crippen LogP) is 5.22. The molecular formula is C29H41N3O4. The number of fused-ring (bicyclic) bond motifs is 1. The Morgan fingerprint density at radius 3 is 2.67 bits per heavy atom. The molecule has 0 saturated heterocycles. The van der Waals surface area contributed by atoms with Crippen LogP contribution in [0, 0.1) is 17.8 Å². The maximum atomic E-state index is 12.5. The number of Topliss-reactive ketones (excluding diaryl/α,β-unsaturated/α-hetero) is 1. The molecule has 0 radical (unpaired) electrons. The van der Waals surface area contributed by atoms with Gasteiger partial charge in [-0.2, -0.15) is 0 Å². The minimum absolute atomic E-state index is 0.0186. The Labute approximate surface area is 214 Å². The molecule has 36 heavy (non-hydrogen) atoms. The van der Waals surface area contributed by atoms with Crippen LogP contribution in [0.5, 0.6) is 0 Å². The van der Waals surface area contributed by atoms with Gasteiger partial charge < -0.3 is 15.5 Å². The first-order valence-electron chi connectivity index (χ1n) is 13.5. The Morgan fingerprint density at radius 1 is 1.11 bits per heavy atom. The third-order valence-corrected chi connectivity index (χ3v) is 7.17. The van der Waals surface area contributed by atoms with E-state index in [1.165, 1.54) is 0 Å². The van der Waals surface area contributed by atoms with Gasteiger partial charge in [0.2, 0.25) is 5.91 Å². The molecule has 1 aliphatic rings. The van der Waals surface area contributed by atoms with Gasteiger partial charge in [-0.05, 0) is 43.4 Å². The summed E-state index contributed by atoms with van der Waals surface area (Å²) in [6, 6.07) is 5.50. The van der Waals surface area contributed by atoms with E-state index in [1.807, 2.05) is 30.4 Å². The topological polar surface area (TPSA) is 112 Å². The van der Waals surface area contributed by atoms with Gasteiger partial charge in [0.1, 0.15) is 5.78 Å². The third kappa shape index (κ3) is 8.49. The molecular weight excluding hydrogens is 454 g/mol. The number of amides is 1. The van der Waals surface area contributed by atoms with E-state index in [0.29, 0.717) is 6.42 Å². The quantitative estimate of drug-likeness (QED) is 0.231. The fourth-order valence-electron chi connectivity index (χ4n) is 5.05. The van der Waals surface area contributed by atoms with Crippen molar-refractivity contribution in [1.82, 2.24) is 9.97 Å². The van der Waals surface area contributed by atoms with Crippen LogP contribution < -0.4 is 5.32 Å². The van der Waals surface area contributed by atoms with Gasteiger partial charge in [0.05, 0.1) is 17.1 Å². The van der Waals surface area contributed by atoms with E-state index in [9.17, 15) is 19.8 Å². The monoisotopic (exact) mass is 495 g/mol. The summed E-state index contributed by atoms with van der Waals surface area (Å²) in [5.74, 6) is -0.0903. The highest BCUT2D eigenvalue weighted by molar-refractivity contribution is 5.92. The molecule has 7 heteroatoms. The van der Waals surface area contributed by atoms with Gasteiger partial charge in [-0.1, -0.05) is 57.6 Å². The van der Waals surface area contributed by atoms with Crippen molar-refractivity contribution in [3.8, 4) is 0 Å². The summed E-state index contributed by atoms with van der Waals surface area (Å²) in [7, 11) is 0. The average molecular weight is 496 g/mol. The lowest BCUT2D eigenvalue weighted by atomic mass is 9.87. The fraction of sp³-hybridized carbons (Fsp3) is 0.586. The molecule has 1 saturated carbocycles. The minimum Gasteiger partial charge on any atom is -0.396 e. The van der Waals surface area contributed by atoms with Gasteiger partial charge in [0.25, 0.3) is 0 Å². The van der Waals surface area contributed by atoms with Crippen molar-refractivity contribution in [2.75, 3.05) is 11.9 Å². The van der Waals surface area contributed by atoms with E-state index in [2.05, 4.69) is 22.2 Å². The highest BCUT2D eigenvalue weighted by Crippen LogP contribution is 2.34. The zero-order valence-electron chi connectivity index (χ0n) is 21.4. The predicted molar refractivity (Wildman–Crippen MR) is 142 cm³/mol. The molecule has 3 rings (SSSR count). The molecule has 1 heterocycles. The average Bonchev–Trinajstić information content (AvgIpc) is 3.15. The van der Waals surface area contributed by atoms with Crippen LogP contribution in [0.15, 0.2) is 42.7 Å². The number of nitrogens with zero attached hydrogens (tertiary/aromatic N) is 2. The molecule has 0 bridgehead atoms. The molecule has 2 aromatic rings. The molecule has 1 fully saturated rings. The summed E-state index contributed by atoms with van der Waals surface area (Å²) < 4.78 is 0. The van der Waals surface area contributed by atoms with Gasteiger partial charge in [-0.3, -0.25) is 19.6 Å². The van der Waals surface area contributed by atoms with Crippen LogP contribution in [0.4, 0.5) is 5.69 Å². The number of ketones is 1. The zero-order chi connectivity index (χ0) is 25.8. The summed E-state index contributed by atoms with van der Waals surface area (Å²) >= 11 is 0. The van der Waals surface area contributed by atoms with Gasteiger partial charge in [0.15, 0.2) is 0 Å². The van der Waals surface area contributed by atoms with Crippen molar-refractivity contribution in [3.63, 3.8) is 0 Å². The molecule has 1 aromatic carbocycles. The maximum absolute atomic E-state index is 12.5. The van der Waals surface area contributed by atoms with Gasteiger partial charge in [-0.15, -0.1) is 0 Å². The minimum atomic E-state index is -0.626. The largest absolute Gasteiger partial charge is 0.396 e. The first kappa shape index (κ1) is 27.9. The SMILES string of the molecule is CCCCC[C@@H](/C=C/[C@H]1[C@H](O)CC(=O)[C@@H]1CCCCCCC(=O)Nc1ccc2nccnc2c1)CO. The van der Waals surface area contributed by atoms with Gasteiger partial charge in [-0.25, -0.2) is 0 Å². The highest BCUT2D eigenvalue weighted by Gasteiger charge is 2.39. The van der Waals surface area contributed by atoms with E-state index >= 15 is 0 Å². The molecule has 0 unspecified atom stereocenters. The summed E-state index contributed by atoms with van der Waals surface area (Å²) in [4.78, 5) is 33.3. The fourth-order valence-corrected chi connectivity index (χ4v) is 5.05. The second kappa shape index (κ2) is 14.8. The molecule has 0 spiro atoms. The lowest BCUT2D eigenvalue weighted by Gasteiger charge is -2.18. The lowest BCUT2D eigenvalue weighted by Crippen LogP contribution is -2.19. The highest BCUT2D eigenvalue weighted by atomic mass is 16.3. The van der Waals surface area contributed by atoms with Crippen molar-refractivity contribution >= 4 is 28.4 Å². The first-order chi connectivity index (χ1) is 17.5. The van der Waals surface area contributed by atoms with Crippen LogP contribution in [-0.4, -0.2) is 44.6 Å². The second-order valence-electron chi connectivity index (χ2n) is 10.0. The van der Waals surface area contributed by atoms with E-state index in [-0.39, 0.29) is 42.5 Å². The van der Waals surface area contributed by atoms with E-state index in [4.69, 9.17) is 0 Å².